The average molecular weight is 594 g/mol. The lowest BCUT2D eigenvalue weighted by Crippen LogP contribution is -2.48. The van der Waals surface area contributed by atoms with Gasteiger partial charge in [0.1, 0.15) is 17.5 Å². The van der Waals surface area contributed by atoms with Crippen LogP contribution >= 0.6 is 11.6 Å². The number of hydrogen-bond donors (Lipinski definition) is 1. The molecule has 1 amide bonds. The van der Waals surface area contributed by atoms with Gasteiger partial charge in [-0.2, -0.15) is 0 Å². The minimum absolute atomic E-state index is 0.0865. The number of rotatable bonds is 13. The first kappa shape index (κ1) is 31.7. The number of amides is 1. The van der Waals surface area contributed by atoms with Crippen LogP contribution in [-0.4, -0.2) is 72.8 Å². The SMILES string of the molecule is COCCOc1ccc(N(Cc2cnccc2C)C2CCN(C(C)CCNC(=O)c3c(C)cc(Cl)nc3C)CC2)cc1. The van der Waals surface area contributed by atoms with Crippen LogP contribution in [0.1, 0.15) is 58.9 Å². The molecule has 1 N–H and O–H groups in total. The Morgan fingerprint density at radius 2 is 1.86 bits per heavy atom. The highest BCUT2D eigenvalue weighted by Crippen LogP contribution is 2.29. The third kappa shape index (κ3) is 8.43. The van der Waals surface area contributed by atoms with Crippen molar-refractivity contribution in [3.8, 4) is 5.75 Å². The second-order valence-electron chi connectivity index (χ2n) is 11.1. The van der Waals surface area contributed by atoms with Crippen molar-refractivity contribution in [2.75, 3.05) is 44.9 Å². The number of nitrogens with zero attached hydrogens (tertiary/aromatic N) is 4. The molecule has 1 atom stereocenters. The average Bonchev–Trinajstić information content (AvgIpc) is 2.97. The highest BCUT2D eigenvalue weighted by atomic mass is 35.5. The van der Waals surface area contributed by atoms with Crippen LogP contribution in [0.4, 0.5) is 5.69 Å². The lowest BCUT2D eigenvalue weighted by molar-refractivity contribution is 0.0943. The Bertz CT molecular complexity index is 1290. The normalized spacial score (nSPS) is 14.9. The van der Waals surface area contributed by atoms with Gasteiger partial charge in [-0.1, -0.05) is 11.6 Å². The fraction of sp³-hybridized carbons (Fsp3) is 0.485. The van der Waals surface area contributed by atoms with E-state index in [0.717, 1.165) is 50.2 Å². The minimum atomic E-state index is -0.0865. The van der Waals surface area contributed by atoms with E-state index in [2.05, 4.69) is 57.1 Å². The lowest BCUT2D eigenvalue weighted by Gasteiger charge is -2.42. The van der Waals surface area contributed by atoms with Crippen molar-refractivity contribution in [2.24, 2.45) is 0 Å². The Kier molecular flexibility index (Phi) is 11.6. The summed E-state index contributed by atoms with van der Waals surface area (Å²) in [5.74, 6) is 0.762. The molecule has 226 valence electrons. The molecular weight excluding hydrogens is 550 g/mol. The number of pyridine rings is 2. The molecule has 1 aromatic carbocycles. The molecule has 1 aliphatic rings. The Hall–Kier alpha value is -3.20. The van der Waals surface area contributed by atoms with E-state index < -0.39 is 0 Å². The molecule has 8 nitrogen and oxygen atoms in total. The maximum absolute atomic E-state index is 12.8. The minimum Gasteiger partial charge on any atom is -0.491 e. The van der Waals surface area contributed by atoms with Gasteiger partial charge in [0, 0.05) is 63.5 Å². The lowest BCUT2D eigenvalue weighted by atomic mass is 9.99. The van der Waals surface area contributed by atoms with Gasteiger partial charge in [-0.3, -0.25) is 9.78 Å². The van der Waals surface area contributed by atoms with E-state index in [4.69, 9.17) is 21.1 Å². The first-order chi connectivity index (χ1) is 20.3. The van der Waals surface area contributed by atoms with Crippen molar-refractivity contribution in [3.63, 3.8) is 0 Å². The first-order valence-corrected chi connectivity index (χ1v) is 15.2. The van der Waals surface area contributed by atoms with Crippen LogP contribution in [0, 0.1) is 20.8 Å². The van der Waals surface area contributed by atoms with E-state index in [0.29, 0.717) is 48.3 Å². The van der Waals surface area contributed by atoms with Crippen molar-refractivity contribution in [2.45, 2.75) is 65.6 Å². The number of likely N-dealkylation sites (tertiary alicyclic amines) is 1. The number of aryl methyl sites for hydroxylation is 3. The van der Waals surface area contributed by atoms with E-state index >= 15 is 0 Å². The van der Waals surface area contributed by atoms with Gasteiger partial charge >= 0.3 is 0 Å². The highest BCUT2D eigenvalue weighted by molar-refractivity contribution is 6.29. The van der Waals surface area contributed by atoms with Crippen LogP contribution < -0.4 is 15.0 Å². The smallest absolute Gasteiger partial charge is 0.253 e. The molecule has 0 bridgehead atoms. The van der Waals surface area contributed by atoms with Gasteiger partial charge in [0.25, 0.3) is 5.91 Å². The second-order valence-corrected chi connectivity index (χ2v) is 11.5. The van der Waals surface area contributed by atoms with E-state index in [-0.39, 0.29) is 5.91 Å². The molecule has 1 saturated heterocycles. The predicted molar refractivity (Wildman–Crippen MR) is 169 cm³/mol. The van der Waals surface area contributed by atoms with Crippen molar-refractivity contribution in [1.82, 2.24) is 20.2 Å². The number of carbonyl (C=O) groups is 1. The molecule has 2 aromatic heterocycles. The van der Waals surface area contributed by atoms with E-state index in [1.165, 1.54) is 16.8 Å². The maximum Gasteiger partial charge on any atom is 0.253 e. The summed E-state index contributed by atoms with van der Waals surface area (Å²) in [6.07, 6.45) is 6.86. The fourth-order valence-electron chi connectivity index (χ4n) is 5.69. The zero-order chi connectivity index (χ0) is 30.1. The largest absolute Gasteiger partial charge is 0.491 e. The summed E-state index contributed by atoms with van der Waals surface area (Å²) in [5, 5.41) is 3.51. The van der Waals surface area contributed by atoms with E-state index in [1.807, 2.05) is 38.4 Å². The monoisotopic (exact) mass is 593 g/mol. The zero-order valence-corrected chi connectivity index (χ0v) is 26.3. The van der Waals surface area contributed by atoms with E-state index in [1.54, 1.807) is 13.2 Å². The molecule has 4 rings (SSSR count). The molecule has 0 radical (unpaired) electrons. The molecule has 1 aliphatic heterocycles. The zero-order valence-electron chi connectivity index (χ0n) is 25.5. The second kappa shape index (κ2) is 15.3. The Morgan fingerprint density at radius 3 is 2.52 bits per heavy atom. The molecule has 3 heterocycles. The van der Waals surface area contributed by atoms with Crippen molar-refractivity contribution < 1.29 is 14.3 Å². The third-order valence-electron chi connectivity index (χ3n) is 8.22. The molecule has 42 heavy (non-hydrogen) atoms. The van der Waals surface area contributed by atoms with Crippen LogP contribution in [0.25, 0.3) is 0 Å². The number of nitrogens with one attached hydrogen (secondary N) is 1. The summed E-state index contributed by atoms with van der Waals surface area (Å²) in [6, 6.07) is 13.0. The fourth-order valence-corrected chi connectivity index (χ4v) is 5.98. The van der Waals surface area contributed by atoms with Gasteiger partial charge in [-0.25, -0.2) is 4.98 Å². The summed E-state index contributed by atoms with van der Waals surface area (Å²) in [6.45, 7) is 12.7. The van der Waals surface area contributed by atoms with Gasteiger partial charge < -0.3 is 24.6 Å². The summed E-state index contributed by atoms with van der Waals surface area (Å²) in [4.78, 5) is 26.5. The van der Waals surface area contributed by atoms with E-state index in [9.17, 15) is 4.79 Å². The van der Waals surface area contributed by atoms with Crippen LogP contribution in [0.15, 0.2) is 48.8 Å². The number of anilines is 1. The Balaban J connectivity index is 1.34. The van der Waals surface area contributed by atoms with Crippen LogP contribution in [0.2, 0.25) is 5.15 Å². The van der Waals surface area contributed by atoms with Gasteiger partial charge in [-0.05, 0) is 100 Å². The molecule has 1 fully saturated rings. The highest BCUT2D eigenvalue weighted by Gasteiger charge is 2.28. The van der Waals surface area contributed by atoms with Crippen molar-refractivity contribution >= 4 is 23.2 Å². The van der Waals surface area contributed by atoms with Crippen molar-refractivity contribution in [3.05, 3.63) is 81.9 Å². The van der Waals surface area contributed by atoms with Crippen LogP contribution in [0.3, 0.4) is 0 Å². The topological polar surface area (TPSA) is 79.8 Å². The summed E-state index contributed by atoms with van der Waals surface area (Å²) < 4.78 is 10.9. The third-order valence-corrected chi connectivity index (χ3v) is 8.41. The number of methoxy groups -OCH3 is 1. The summed E-state index contributed by atoms with van der Waals surface area (Å²) in [5.41, 5.74) is 5.81. The van der Waals surface area contributed by atoms with Gasteiger partial charge in [-0.15, -0.1) is 0 Å². The number of hydrogen-bond acceptors (Lipinski definition) is 7. The number of ether oxygens (including phenoxy) is 2. The molecule has 0 spiro atoms. The first-order valence-electron chi connectivity index (χ1n) is 14.8. The van der Waals surface area contributed by atoms with Gasteiger partial charge in [0.2, 0.25) is 0 Å². The quantitative estimate of drug-likeness (QED) is 0.199. The Labute approximate surface area is 255 Å². The maximum atomic E-state index is 12.8. The molecule has 9 heteroatoms. The molecule has 0 aliphatic carbocycles. The number of halogens is 1. The molecule has 3 aromatic rings. The Morgan fingerprint density at radius 1 is 1.12 bits per heavy atom. The number of aromatic nitrogens is 2. The predicted octanol–water partition coefficient (Wildman–Crippen LogP) is 5.76. The summed E-state index contributed by atoms with van der Waals surface area (Å²) >= 11 is 6.04. The number of benzene rings is 1. The molecule has 0 saturated carbocycles. The van der Waals surface area contributed by atoms with Gasteiger partial charge in [0.15, 0.2) is 0 Å². The number of piperidine rings is 1. The van der Waals surface area contributed by atoms with Crippen LogP contribution in [0.5, 0.6) is 5.75 Å². The van der Waals surface area contributed by atoms with Crippen molar-refractivity contribution in [1.29, 1.82) is 0 Å². The summed E-state index contributed by atoms with van der Waals surface area (Å²) in [7, 11) is 1.68. The number of carbonyl (C=O) groups excluding carboxylic acids is 1. The molecular formula is C33H44ClN5O3. The molecule has 1 unspecified atom stereocenters. The van der Waals surface area contributed by atoms with Crippen LogP contribution in [-0.2, 0) is 11.3 Å². The van der Waals surface area contributed by atoms with Gasteiger partial charge in [0.05, 0.1) is 17.9 Å². The standard InChI is InChI=1S/C33H44ClN5O3/c1-23-10-14-35-21-27(23)22-39(28-6-8-30(9-7-28)42-19-18-41-5)29-12-16-38(17-13-29)25(3)11-15-36-33(40)32-24(2)20-31(34)37-26(32)4/h6-10,14,20-21,25,29H,11-13,15-19,22H2,1-5H3,(H,36,40).